The Balaban J connectivity index is 1.42. The lowest BCUT2D eigenvalue weighted by Gasteiger charge is -2.35. The van der Waals surface area contributed by atoms with Gasteiger partial charge in [0.2, 0.25) is 0 Å². The Morgan fingerprint density at radius 2 is 1.65 bits per heavy atom. The predicted molar refractivity (Wildman–Crippen MR) is 104 cm³/mol. The maximum Gasteiger partial charge on any atom is 0.282 e. The summed E-state index contributed by atoms with van der Waals surface area (Å²) >= 11 is 1.45. The molecule has 6 heteroatoms. The Morgan fingerprint density at radius 1 is 0.962 bits per heavy atom. The Hall–Kier alpha value is -2.73. The van der Waals surface area contributed by atoms with E-state index in [1.165, 1.54) is 11.3 Å². The molecule has 1 saturated heterocycles. The SMILES string of the molecule is CC(=O)c1ccc(N2CCN(C(=O)c3nc4ccccc4s3)CC2)cc1. The number of hydrogen-bond acceptors (Lipinski definition) is 5. The Bertz CT molecular complexity index is 924. The van der Waals surface area contributed by atoms with Gasteiger partial charge in [-0.25, -0.2) is 4.98 Å². The number of anilines is 1. The molecule has 0 aliphatic carbocycles. The van der Waals surface area contributed by atoms with Crippen molar-refractivity contribution < 1.29 is 9.59 Å². The van der Waals surface area contributed by atoms with Crippen molar-refractivity contribution in [3.63, 3.8) is 0 Å². The van der Waals surface area contributed by atoms with Crippen molar-refractivity contribution in [1.82, 2.24) is 9.88 Å². The van der Waals surface area contributed by atoms with E-state index in [1.54, 1.807) is 6.92 Å². The summed E-state index contributed by atoms with van der Waals surface area (Å²) in [5.74, 6) is 0.0839. The van der Waals surface area contributed by atoms with Crippen LogP contribution in [0.1, 0.15) is 27.1 Å². The predicted octanol–water partition coefficient (Wildman–Crippen LogP) is 3.46. The lowest BCUT2D eigenvalue weighted by Crippen LogP contribution is -2.48. The molecule has 0 atom stereocenters. The van der Waals surface area contributed by atoms with Gasteiger partial charge in [0.05, 0.1) is 10.2 Å². The van der Waals surface area contributed by atoms with E-state index in [2.05, 4.69) is 9.88 Å². The average molecular weight is 365 g/mol. The Morgan fingerprint density at radius 3 is 2.31 bits per heavy atom. The quantitative estimate of drug-likeness (QED) is 0.667. The monoisotopic (exact) mass is 365 g/mol. The molecule has 0 unspecified atom stereocenters. The molecular formula is C20H19N3O2S. The number of ketones is 1. The summed E-state index contributed by atoms with van der Waals surface area (Å²) in [4.78, 5) is 32.7. The minimum absolute atomic E-state index is 0.0118. The first-order valence-corrected chi connectivity index (χ1v) is 9.44. The van der Waals surface area contributed by atoms with Gasteiger partial charge in [0, 0.05) is 37.4 Å². The minimum atomic E-state index is 0.0118. The number of aromatic nitrogens is 1. The number of carbonyl (C=O) groups excluding carboxylic acids is 2. The molecule has 0 bridgehead atoms. The van der Waals surface area contributed by atoms with Gasteiger partial charge in [-0.1, -0.05) is 12.1 Å². The van der Waals surface area contributed by atoms with E-state index in [-0.39, 0.29) is 11.7 Å². The summed E-state index contributed by atoms with van der Waals surface area (Å²) in [5, 5.41) is 0.561. The molecule has 2 aromatic carbocycles. The van der Waals surface area contributed by atoms with Crippen molar-refractivity contribution in [1.29, 1.82) is 0 Å². The third kappa shape index (κ3) is 3.20. The zero-order chi connectivity index (χ0) is 18.1. The lowest BCUT2D eigenvalue weighted by atomic mass is 10.1. The van der Waals surface area contributed by atoms with Crippen molar-refractivity contribution in [3.05, 3.63) is 59.1 Å². The molecule has 26 heavy (non-hydrogen) atoms. The standard InChI is InChI=1S/C20H19N3O2S/c1-14(24)15-6-8-16(9-7-15)22-10-12-23(13-11-22)20(25)19-21-17-4-2-3-5-18(17)26-19/h2-9H,10-13H2,1H3. The van der Waals surface area contributed by atoms with E-state index in [4.69, 9.17) is 0 Å². The molecule has 1 aromatic heterocycles. The maximum absolute atomic E-state index is 12.7. The fourth-order valence-electron chi connectivity index (χ4n) is 3.17. The molecule has 1 amide bonds. The number of nitrogens with zero attached hydrogens (tertiary/aromatic N) is 3. The molecule has 1 fully saturated rings. The first-order chi connectivity index (χ1) is 12.6. The van der Waals surface area contributed by atoms with E-state index in [0.29, 0.717) is 18.1 Å². The van der Waals surface area contributed by atoms with E-state index in [9.17, 15) is 9.59 Å². The van der Waals surface area contributed by atoms with Crippen LogP contribution in [0, 0.1) is 0 Å². The Kier molecular flexibility index (Phi) is 4.42. The van der Waals surface area contributed by atoms with Crippen molar-refractivity contribution >= 4 is 38.9 Å². The smallest absolute Gasteiger partial charge is 0.282 e. The minimum Gasteiger partial charge on any atom is -0.368 e. The van der Waals surface area contributed by atoms with Gasteiger partial charge in [-0.15, -0.1) is 11.3 Å². The van der Waals surface area contributed by atoms with E-state index >= 15 is 0 Å². The first-order valence-electron chi connectivity index (χ1n) is 8.62. The summed E-state index contributed by atoms with van der Waals surface area (Å²) in [7, 11) is 0. The number of hydrogen-bond donors (Lipinski definition) is 0. The van der Waals surface area contributed by atoms with Crippen molar-refractivity contribution in [2.45, 2.75) is 6.92 Å². The molecule has 4 rings (SSSR count). The summed E-state index contributed by atoms with van der Waals surface area (Å²) in [6.45, 7) is 4.46. The van der Waals surface area contributed by atoms with Gasteiger partial charge in [-0.2, -0.15) is 0 Å². The molecular weight excluding hydrogens is 346 g/mol. The van der Waals surface area contributed by atoms with Gasteiger partial charge < -0.3 is 9.80 Å². The van der Waals surface area contributed by atoms with Crippen LogP contribution in [0.15, 0.2) is 48.5 Å². The van der Waals surface area contributed by atoms with Gasteiger partial charge in [0.1, 0.15) is 0 Å². The summed E-state index contributed by atoms with van der Waals surface area (Å²) in [6, 6.07) is 15.5. The molecule has 1 aliphatic heterocycles. The second-order valence-electron chi connectivity index (χ2n) is 6.37. The van der Waals surface area contributed by atoms with Gasteiger partial charge in [-0.05, 0) is 43.3 Å². The van der Waals surface area contributed by atoms with Gasteiger partial charge in [0.15, 0.2) is 10.8 Å². The molecule has 0 spiro atoms. The molecule has 0 saturated carbocycles. The average Bonchev–Trinajstić information content (AvgIpc) is 3.12. The highest BCUT2D eigenvalue weighted by Gasteiger charge is 2.24. The highest BCUT2D eigenvalue weighted by atomic mass is 32.1. The maximum atomic E-state index is 12.7. The third-order valence-corrected chi connectivity index (χ3v) is 5.71. The van der Waals surface area contributed by atoms with Gasteiger partial charge >= 0.3 is 0 Å². The second kappa shape index (κ2) is 6.88. The van der Waals surface area contributed by atoms with Gasteiger partial charge in [0.25, 0.3) is 5.91 Å². The molecule has 1 aliphatic rings. The summed E-state index contributed by atoms with van der Waals surface area (Å²) in [6.07, 6.45) is 0. The van der Waals surface area contributed by atoms with Crippen LogP contribution in [0.2, 0.25) is 0 Å². The number of piperazine rings is 1. The largest absolute Gasteiger partial charge is 0.368 e. The third-order valence-electron chi connectivity index (χ3n) is 4.68. The second-order valence-corrected chi connectivity index (χ2v) is 7.40. The highest BCUT2D eigenvalue weighted by Crippen LogP contribution is 2.24. The Labute approximate surface area is 155 Å². The molecule has 0 N–H and O–H groups in total. The number of benzene rings is 2. The van der Waals surface area contributed by atoms with E-state index in [1.807, 2.05) is 53.4 Å². The number of amides is 1. The lowest BCUT2D eigenvalue weighted by molar-refractivity contribution is 0.0746. The molecule has 132 valence electrons. The topological polar surface area (TPSA) is 53.5 Å². The number of rotatable bonds is 3. The fraction of sp³-hybridized carbons (Fsp3) is 0.250. The summed E-state index contributed by atoms with van der Waals surface area (Å²) < 4.78 is 1.04. The van der Waals surface area contributed by atoms with E-state index < -0.39 is 0 Å². The van der Waals surface area contributed by atoms with Crippen molar-refractivity contribution in [2.75, 3.05) is 31.1 Å². The summed E-state index contributed by atoms with van der Waals surface area (Å²) in [5.41, 5.74) is 2.69. The van der Waals surface area contributed by atoms with Crippen LogP contribution < -0.4 is 4.90 Å². The first kappa shape index (κ1) is 16.7. The van der Waals surface area contributed by atoms with Crippen molar-refractivity contribution in [2.24, 2.45) is 0 Å². The fourth-order valence-corrected chi connectivity index (χ4v) is 4.11. The van der Waals surface area contributed by atoms with Crippen LogP contribution in [0.5, 0.6) is 0 Å². The van der Waals surface area contributed by atoms with Crippen LogP contribution in [-0.4, -0.2) is 47.8 Å². The molecule has 2 heterocycles. The molecule has 0 radical (unpaired) electrons. The molecule has 3 aromatic rings. The zero-order valence-corrected chi connectivity index (χ0v) is 15.3. The highest BCUT2D eigenvalue weighted by molar-refractivity contribution is 7.20. The van der Waals surface area contributed by atoms with Crippen LogP contribution >= 0.6 is 11.3 Å². The number of thiazole rings is 1. The number of fused-ring (bicyclic) bond motifs is 1. The van der Waals surface area contributed by atoms with E-state index in [0.717, 1.165) is 34.6 Å². The molecule has 5 nitrogen and oxygen atoms in total. The number of carbonyl (C=O) groups is 2. The van der Waals surface area contributed by atoms with Crippen LogP contribution in [-0.2, 0) is 0 Å². The number of para-hydroxylation sites is 1. The number of Topliss-reactive ketones (excluding diaryl/α,β-unsaturated/α-hetero) is 1. The van der Waals surface area contributed by atoms with Gasteiger partial charge in [-0.3, -0.25) is 9.59 Å². The van der Waals surface area contributed by atoms with Crippen LogP contribution in [0.3, 0.4) is 0 Å². The normalized spacial score (nSPS) is 14.7. The zero-order valence-electron chi connectivity index (χ0n) is 14.5. The van der Waals surface area contributed by atoms with Crippen molar-refractivity contribution in [3.8, 4) is 0 Å². The van der Waals surface area contributed by atoms with Crippen LogP contribution in [0.4, 0.5) is 5.69 Å². The van der Waals surface area contributed by atoms with Crippen LogP contribution in [0.25, 0.3) is 10.2 Å².